The molecule has 0 spiro atoms. The summed E-state index contributed by atoms with van der Waals surface area (Å²) in [4.78, 5) is 48.9. The predicted octanol–water partition coefficient (Wildman–Crippen LogP) is 5.42. The van der Waals surface area contributed by atoms with E-state index in [1.165, 1.54) is 36.0 Å². The number of carbonyl (C=O) groups is 3. The zero-order valence-electron chi connectivity index (χ0n) is 19.9. The van der Waals surface area contributed by atoms with Crippen LogP contribution in [-0.2, 0) is 4.79 Å². The van der Waals surface area contributed by atoms with E-state index in [2.05, 4.69) is 10.6 Å². The zero-order valence-corrected chi connectivity index (χ0v) is 20.7. The number of anilines is 2. The van der Waals surface area contributed by atoms with Gasteiger partial charge in [0.05, 0.1) is 16.2 Å². The van der Waals surface area contributed by atoms with Crippen molar-refractivity contribution < 1.29 is 19.3 Å². The third-order valence-electron chi connectivity index (χ3n) is 5.48. The minimum Gasteiger partial charge on any atom is -0.366 e. The fraction of sp³-hybridized carbons (Fsp3) is 0.0357. The van der Waals surface area contributed by atoms with Crippen molar-refractivity contribution >= 4 is 46.5 Å². The van der Waals surface area contributed by atoms with Crippen LogP contribution in [-0.4, -0.2) is 22.6 Å². The number of nitrogens with two attached hydrogens (primary N) is 1. The van der Waals surface area contributed by atoms with Crippen LogP contribution in [0.2, 0.25) is 0 Å². The average molecular weight is 527 g/mol. The van der Waals surface area contributed by atoms with E-state index in [9.17, 15) is 24.5 Å². The number of non-ortho nitro benzene ring substituents is 1. The van der Waals surface area contributed by atoms with E-state index in [4.69, 9.17) is 5.73 Å². The highest BCUT2D eigenvalue weighted by molar-refractivity contribution is 8.00. The second-order valence-electron chi connectivity index (χ2n) is 8.09. The predicted molar refractivity (Wildman–Crippen MR) is 146 cm³/mol. The van der Waals surface area contributed by atoms with E-state index in [1.807, 2.05) is 36.4 Å². The number of thioether (sulfide) groups is 1. The standard InChI is InChI=1S/C28H22N4O5S/c29-26(33)23-11-4-5-12-24(23)31-28(35)25(18-7-2-1-3-8-18)38-22-10-6-9-20(17-22)30-27(34)19-13-15-21(16-14-19)32(36)37/h1-17,25H,(H2,29,33)(H,30,34)(H,31,35). The molecule has 38 heavy (non-hydrogen) atoms. The molecule has 1 unspecified atom stereocenters. The number of rotatable bonds is 9. The van der Waals surface area contributed by atoms with E-state index >= 15 is 0 Å². The maximum Gasteiger partial charge on any atom is 0.269 e. The van der Waals surface area contributed by atoms with Crippen molar-refractivity contribution in [1.29, 1.82) is 0 Å². The largest absolute Gasteiger partial charge is 0.366 e. The van der Waals surface area contributed by atoms with Gasteiger partial charge in [-0.05, 0) is 48.0 Å². The molecule has 4 rings (SSSR count). The van der Waals surface area contributed by atoms with Crippen molar-refractivity contribution in [3.05, 3.63) is 130 Å². The van der Waals surface area contributed by atoms with Gasteiger partial charge in [0, 0.05) is 28.3 Å². The summed E-state index contributed by atoms with van der Waals surface area (Å²) >= 11 is 1.27. The molecule has 9 nitrogen and oxygen atoms in total. The Morgan fingerprint density at radius 2 is 1.50 bits per heavy atom. The number of nitro benzene ring substituents is 1. The Morgan fingerprint density at radius 1 is 0.816 bits per heavy atom. The number of amides is 3. The van der Waals surface area contributed by atoms with Gasteiger partial charge in [0.25, 0.3) is 17.5 Å². The Bertz CT molecular complexity index is 1490. The molecule has 1 atom stereocenters. The van der Waals surface area contributed by atoms with Crippen LogP contribution in [0.25, 0.3) is 0 Å². The van der Waals surface area contributed by atoms with Crippen molar-refractivity contribution in [2.75, 3.05) is 10.6 Å². The monoisotopic (exact) mass is 526 g/mol. The van der Waals surface area contributed by atoms with Gasteiger partial charge in [-0.2, -0.15) is 0 Å². The van der Waals surface area contributed by atoms with Crippen LogP contribution in [0, 0.1) is 10.1 Å². The van der Waals surface area contributed by atoms with Crippen molar-refractivity contribution in [2.45, 2.75) is 10.1 Å². The third-order valence-corrected chi connectivity index (χ3v) is 6.73. The summed E-state index contributed by atoms with van der Waals surface area (Å²) in [6.45, 7) is 0. The molecular formula is C28H22N4O5S. The lowest BCUT2D eigenvalue weighted by Gasteiger charge is -2.18. The summed E-state index contributed by atoms with van der Waals surface area (Å²) in [5.41, 5.74) is 7.37. The van der Waals surface area contributed by atoms with E-state index in [1.54, 1.807) is 42.5 Å². The number of benzene rings is 4. The molecule has 0 heterocycles. The number of para-hydroxylation sites is 1. The first-order chi connectivity index (χ1) is 18.3. The third kappa shape index (κ3) is 6.42. The van der Waals surface area contributed by atoms with Crippen molar-refractivity contribution in [1.82, 2.24) is 0 Å². The number of nitrogens with zero attached hydrogens (tertiary/aromatic N) is 1. The van der Waals surface area contributed by atoms with Gasteiger partial charge in [0.2, 0.25) is 5.91 Å². The second kappa shape index (κ2) is 11.8. The molecule has 10 heteroatoms. The fourth-order valence-electron chi connectivity index (χ4n) is 3.63. The Labute approximate surface area is 222 Å². The van der Waals surface area contributed by atoms with Gasteiger partial charge in [-0.3, -0.25) is 24.5 Å². The molecule has 0 aliphatic rings. The first-order valence-electron chi connectivity index (χ1n) is 11.4. The van der Waals surface area contributed by atoms with Crippen LogP contribution in [0.3, 0.4) is 0 Å². The van der Waals surface area contributed by atoms with Crippen LogP contribution in [0.5, 0.6) is 0 Å². The van der Waals surface area contributed by atoms with E-state index < -0.39 is 22.0 Å². The zero-order chi connectivity index (χ0) is 27.1. The average Bonchev–Trinajstić information content (AvgIpc) is 2.92. The first kappa shape index (κ1) is 26.1. The maximum atomic E-state index is 13.4. The van der Waals surface area contributed by atoms with Gasteiger partial charge in [-0.15, -0.1) is 11.8 Å². The molecule has 3 amide bonds. The number of primary amides is 1. The molecular weight excluding hydrogens is 504 g/mol. The number of hydrogen-bond acceptors (Lipinski definition) is 6. The van der Waals surface area contributed by atoms with Crippen LogP contribution >= 0.6 is 11.8 Å². The van der Waals surface area contributed by atoms with Gasteiger partial charge in [0.1, 0.15) is 5.25 Å². The fourth-order valence-corrected chi connectivity index (χ4v) is 4.71. The minimum absolute atomic E-state index is 0.108. The van der Waals surface area contributed by atoms with Gasteiger partial charge in [-0.1, -0.05) is 48.5 Å². The summed E-state index contributed by atoms with van der Waals surface area (Å²) in [5, 5.41) is 15.8. The molecule has 0 bridgehead atoms. The maximum absolute atomic E-state index is 13.4. The summed E-state index contributed by atoms with van der Waals surface area (Å²) in [7, 11) is 0. The van der Waals surface area contributed by atoms with Gasteiger partial charge >= 0.3 is 0 Å². The van der Waals surface area contributed by atoms with E-state index in [0.29, 0.717) is 16.3 Å². The number of hydrogen-bond donors (Lipinski definition) is 3. The topological polar surface area (TPSA) is 144 Å². The molecule has 0 radical (unpaired) electrons. The highest BCUT2D eigenvalue weighted by atomic mass is 32.2. The highest BCUT2D eigenvalue weighted by Crippen LogP contribution is 2.37. The Morgan fingerprint density at radius 3 is 2.18 bits per heavy atom. The van der Waals surface area contributed by atoms with Crippen molar-refractivity contribution in [3.8, 4) is 0 Å². The second-order valence-corrected chi connectivity index (χ2v) is 9.27. The Kier molecular flexibility index (Phi) is 8.14. The molecule has 4 aromatic carbocycles. The van der Waals surface area contributed by atoms with Gasteiger partial charge in [0.15, 0.2) is 0 Å². The lowest BCUT2D eigenvalue weighted by atomic mass is 10.1. The lowest BCUT2D eigenvalue weighted by molar-refractivity contribution is -0.384. The summed E-state index contributed by atoms with van der Waals surface area (Å²) < 4.78 is 0. The van der Waals surface area contributed by atoms with Crippen LogP contribution in [0.1, 0.15) is 31.5 Å². The summed E-state index contributed by atoms with van der Waals surface area (Å²) in [5.74, 6) is -1.43. The smallest absolute Gasteiger partial charge is 0.269 e. The molecule has 4 N–H and O–H groups in total. The van der Waals surface area contributed by atoms with Crippen LogP contribution in [0.15, 0.2) is 108 Å². The number of nitrogens with one attached hydrogen (secondary N) is 2. The number of carbonyl (C=O) groups excluding carboxylic acids is 3. The molecule has 0 saturated heterocycles. The van der Waals surface area contributed by atoms with Crippen LogP contribution < -0.4 is 16.4 Å². The number of nitro groups is 1. The molecule has 0 aliphatic heterocycles. The van der Waals surface area contributed by atoms with Gasteiger partial charge in [-0.25, -0.2) is 0 Å². The first-order valence-corrected chi connectivity index (χ1v) is 12.3. The van der Waals surface area contributed by atoms with Crippen LogP contribution in [0.4, 0.5) is 17.1 Å². The molecule has 4 aromatic rings. The lowest BCUT2D eigenvalue weighted by Crippen LogP contribution is -2.22. The highest BCUT2D eigenvalue weighted by Gasteiger charge is 2.24. The quantitative estimate of drug-likeness (QED) is 0.151. The van der Waals surface area contributed by atoms with Gasteiger partial charge < -0.3 is 16.4 Å². The normalized spacial score (nSPS) is 11.3. The summed E-state index contributed by atoms with van der Waals surface area (Å²) in [6, 6.07) is 28.0. The minimum atomic E-state index is -0.683. The van der Waals surface area contributed by atoms with E-state index in [0.717, 1.165) is 5.56 Å². The summed E-state index contributed by atoms with van der Waals surface area (Å²) in [6.07, 6.45) is 0. The van der Waals surface area contributed by atoms with Crippen molar-refractivity contribution in [3.63, 3.8) is 0 Å². The van der Waals surface area contributed by atoms with E-state index in [-0.39, 0.29) is 22.7 Å². The molecule has 0 saturated carbocycles. The molecule has 0 fully saturated rings. The SMILES string of the molecule is NC(=O)c1ccccc1NC(=O)C(Sc1cccc(NC(=O)c2ccc([N+](=O)[O-])cc2)c1)c1ccccc1. The molecule has 0 aliphatic carbocycles. The Balaban J connectivity index is 1.55. The molecule has 0 aromatic heterocycles. The van der Waals surface area contributed by atoms with Crippen molar-refractivity contribution in [2.24, 2.45) is 5.73 Å². The Hall–Kier alpha value is -4.96. The molecule has 190 valence electrons.